The van der Waals surface area contributed by atoms with E-state index in [4.69, 9.17) is 4.74 Å². The smallest absolute Gasteiger partial charge is 0.345 e. The first-order valence-electron chi connectivity index (χ1n) is 11.3. The van der Waals surface area contributed by atoms with Crippen LogP contribution in [-0.2, 0) is 16.0 Å². The number of anilines is 1. The second-order valence-electron chi connectivity index (χ2n) is 8.78. The van der Waals surface area contributed by atoms with E-state index in [0.717, 1.165) is 17.3 Å². The maximum Gasteiger partial charge on any atom is 0.345 e. The monoisotopic (exact) mass is 484 g/mol. The lowest BCUT2D eigenvalue weighted by molar-refractivity contribution is -0.385. The molecule has 9 heteroatoms. The third-order valence-electron chi connectivity index (χ3n) is 6.54. The molecule has 0 saturated heterocycles. The molecule has 1 aliphatic heterocycles. The number of nitrogens with zero attached hydrogens (tertiary/aromatic N) is 2. The minimum atomic E-state index is -1.25. The number of fused-ring (bicyclic) bond motifs is 3. The number of para-hydroxylation sites is 1. The Morgan fingerprint density at radius 1 is 0.972 bits per heavy atom. The van der Waals surface area contributed by atoms with Crippen molar-refractivity contribution in [3.8, 4) is 0 Å². The molecular formula is C27H20N2O7. The molecule has 1 heterocycles. The average molecular weight is 484 g/mol. The highest BCUT2D eigenvalue weighted by Gasteiger charge is 2.40. The molecule has 5 rings (SSSR count). The second kappa shape index (κ2) is 8.53. The first-order chi connectivity index (χ1) is 17.2. The quantitative estimate of drug-likeness (QED) is 0.244. The molecular weight excluding hydrogens is 464 g/mol. The predicted octanol–water partition coefficient (Wildman–Crippen LogP) is 3.89. The van der Waals surface area contributed by atoms with Crippen molar-refractivity contribution in [3.05, 3.63) is 104 Å². The molecule has 3 aromatic rings. The van der Waals surface area contributed by atoms with Crippen molar-refractivity contribution in [3.63, 3.8) is 0 Å². The van der Waals surface area contributed by atoms with Gasteiger partial charge in [-0.05, 0) is 44.0 Å². The molecule has 2 atom stereocenters. The number of ether oxygens (including phenoxy) is 1. The SMILES string of the molecule is C[C@H](OC(=O)c1ccc2c(c1[N+](=O)[O-])C(=O)c1ccccc1C2=O)C(=O)N1c2ccccc2C[C@H]1C. The lowest BCUT2D eigenvalue weighted by Gasteiger charge is -2.26. The highest BCUT2D eigenvalue weighted by atomic mass is 16.6. The van der Waals surface area contributed by atoms with E-state index in [-0.39, 0.29) is 22.7 Å². The van der Waals surface area contributed by atoms with Crippen molar-refractivity contribution in [2.24, 2.45) is 0 Å². The first-order valence-corrected chi connectivity index (χ1v) is 11.3. The molecule has 2 aliphatic rings. The largest absolute Gasteiger partial charge is 0.449 e. The van der Waals surface area contributed by atoms with Crippen molar-refractivity contribution in [2.45, 2.75) is 32.4 Å². The van der Waals surface area contributed by atoms with Crippen LogP contribution >= 0.6 is 0 Å². The number of nitro benzene ring substituents is 1. The molecule has 0 saturated carbocycles. The van der Waals surface area contributed by atoms with Gasteiger partial charge in [-0.25, -0.2) is 4.79 Å². The highest BCUT2D eigenvalue weighted by Crippen LogP contribution is 2.36. The van der Waals surface area contributed by atoms with Gasteiger partial charge in [-0.3, -0.25) is 24.5 Å². The van der Waals surface area contributed by atoms with Crippen molar-refractivity contribution >= 4 is 34.8 Å². The summed E-state index contributed by atoms with van der Waals surface area (Å²) in [4.78, 5) is 65.0. The van der Waals surface area contributed by atoms with E-state index in [0.29, 0.717) is 6.42 Å². The van der Waals surface area contributed by atoms with Gasteiger partial charge < -0.3 is 9.64 Å². The van der Waals surface area contributed by atoms with Crippen molar-refractivity contribution in [2.75, 3.05) is 4.90 Å². The van der Waals surface area contributed by atoms with Gasteiger partial charge in [0.05, 0.1) is 4.92 Å². The molecule has 0 N–H and O–H groups in total. The van der Waals surface area contributed by atoms with E-state index < -0.39 is 51.3 Å². The van der Waals surface area contributed by atoms with Crippen LogP contribution in [0.3, 0.4) is 0 Å². The first kappa shape index (κ1) is 23.1. The number of amides is 1. The van der Waals surface area contributed by atoms with Gasteiger partial charge in [0.15, 0.2) is 11.9 Å². The molecule has 36 heavy (non-hydrogen) atoms. The summed E-state index contributed by atoms with van der Waals surface area (Å²) in [6, 6.07) is 15.6. The van der Waals surface area contributed by atoms with Crippen LogP contribution in [0.4, 0.5) is 11.4 Å². The zero-order chi connectivity index (χ0) is 25.7. The number of rotatable bonds is 4. The molecule has 0 unspecified atom stereocenters. The van der Waals surface area contributed by atoms with Crippen LogP contribution in [0.1, 0.15) is 61.6 Å². The molecule has 1 amide bonds. The van der Waals surface area contributed by atoms with E-state index in [2.05, 4.69) is 0 Å². The number of carbonyl (C=O) groups is 4. The maximum atomic E-state index is 13.2. The topological polar surface area (TPSA) is 124 Å². The van der Waals surface area contributed by atoms with Crippen molar-refractivity contribution < 1.29 is 28.8 Å². The minimum absolute atomic E-state index is 0.0221. The number of ketones is 2. The Morgan fingerprint density at radius 2 is 1.61 bits per heavy atom. The van der Waals surface area contributed by atoms with Gasteiger partial charge >= 0.3 is 5.97 Å². The van der Waals surface area contributed by atoms with Gasteiger partial charge in [0.25, 0.3) is 11.6 Å². The van der Waals surface area contributed by atoms with Crippen LogP contribution in [0.25, 0.3) is 0 Å². The number of hydrogen-bond donors (Lipinski definition) is 0. The third-order valence-corrected chi connectivity index (χ3v) is 6.54. The van der Waals surface area contributed by atoms with E-state index in [9.17, 15) is 29.3 Å². The van der Waals surface area contributed by atoms with Crippen LogP contribution in [0.5, 0.6) is 0 Å². The lowest BCUT2D eigenvalue weighted by atomic mass is 9.82. The highest BCUT2D eigenvalue weighted by molar-refractivity contribution is 6.30. The Kier molecular flexibility index (Phi) is 5.47. The van der Waals surface area contributed by atoms with Gasteiger partial charge in [-0.15, -0.1) is 0 Å². The summed E-state index contributed by atoms with van der Waals surface area (Å²) in [5, 5.41) is 12.0. The van der Waals surface area contributed by atoms with Gasteiger partial charge in [-0.1, -0.05) is 42.5 Å². The lowest BCUT2D eigenvalue weighted by Crippen LogP contribution is -2.43. The summed E-state index contributed by atoms with van der Waals surface area (Å²) in [5.74, 6) is -2.88. The standard InChI is InChI=1S/C27H20N2O7/c1-14-13-16-7-3-6-10-21(16)28(14)26(32)15(2)36-27(33)20-12-11-19-22(23(20)29(34)35)25(31)18-9-5-4-8-17(18)24(19)30/h3-12,14-15H,13H2,1-2H3/t14-,15+/m1/s1. The Hall–Kier alpha value is -4.66. The third kappa shape index (κ3) is 3.48. The molecule has 9 nitrogen and oxygen atoms in total. The normalized spacial score (nSPS) is 16.6. The predicted molar refractivity (Wildman–Crippen MR) is 128 cm³/mol. The maximum absolute atomic E-state index is 13.2. The van der Waals surface area contributed by atoms with E-state index in [1.165, 1.54) is 25.1 Å². The number of esters is 1. The fraction of sp³-hybridized carbons (Fsp3) is 0.185. The van der Waals surface area contributed by atoms with E-state index in [1.807, 2.05) is 19.1 Å². The number of carbonyl (C=O) groups excluding carboxylic acids is 4. The fourth-order valence-corrected chi connectivity index (χ4v) is 4.90. The molecule has 0 fully saturated rings. The Bertz CT molecular complexity index is 1490. The molecule has 1 aliphatic carbocycles. The molecule has 0 aromatic heterocycles. The number of benzene rings is 3. The number of hydrogen-bond acceptors (Lipinski definition) is 7. The Balaban J connectivity index is 1.48. The number of nitro groups is 1. The summed E-state index contributed by atoms with van der Waals surface area (Å²) in [7, 11) is 0. The zero-order valence-corrected chi connectivity index (χ0v) is 19.4. The van der Waals surface area contributed by atoms with Crippen molar-refractivity contribution in [1.29, 1.82) is 0 Å². The zero-order valence-electron chi connectivity index (χ0n) is 19.4. The molecule has 3 aromatic carbocycles. The summed E-state index contributed by atoms with van der Waals surface area (Å²) in [6.07, 6.45) is -0.601. The summed E-state index contributed by atoms with van der Waals surface area (Å²) in [6.45, 7) is 3.27. The van der Waals surface area contributed by atoms with Gasteiger partial charge in [-0.2, -0.15) is 0 Å². The van der Waals surface area contributed by atoms with Crippen LogP contribution in [0, 0.1) is 10.1 Å². The second-order valence-corrected chi connectivity index (χ2v) is 8.78. The Labute approximate surface area is 205 Å². The fourth-order valence-electron chi connectivity index (χ4n) is 4.90. The summed E-state index contributed by atoms with van der Waals surface area (Å²) in [5.41, 5.74) is -0.0645. The molecule has 0 bridgehead atoms. The van der Waals surface area contributed by atoms with Crippen LogP contribution in [0.2, 0.25) is 0 Å². The van der Waals surface area contributed by atoms with E-state index in [1.54, 1.807) is 29.2 Å². The van der Waals surface area contributed by atoms with Gasteiger partial charge in [0, 0.05) is 28.4 Å². The van der Waals surface area contributed by atoms with E-state index >= 15 is 0 Å². The van der Waals surface area contributed by atoms with Gasteiger partial charge in [0.1, 0.15) is 11.1 Å². The minimum Gasteiger partial charge on any atom is -0.449 e. The molecule has 0 radical (unpaired) electrons. The van der Waals surface area contributed by atoms with Crippen molar-refractivity contribution in [1.82, 2.24) is 0 Å². The van der Waals surface area contributed by atoms with Crippen LogP contribution in [0.15, 0.2) is 60.7 Å². The van der Waals surface area contributed by atoms with Crippen LogP contribution in [-0.4, -0.2) is 40.5 Å². The summed E-state index contributed by atoms with van der Waals surface area (Å²) < 4.78 is 5.36. The average Bonchev–Trinajstić information content (AvgIpc) is 3.21. The Morgan fingerprint density at radius 3 is 2.31 bits per heavy atom. The molecule has 180 valence electrons. The van der Waals surface area contributed by atoms with Gasteiger partial charge in [0.2, 0.25) is 5.78 Å². The van der Waals surface area contributed by atoms with Crippen LogP contribution < -0.4 is 4.90 Å². The molecule has 0 spiro atoms. The summed E-state index contributed by atoms with van der Waals surface area (Å²) >= 11 is 0.